The summed E-state index contributed by atoms with van der Waals surface area (Å²) in [6.07, 6.45) is 0. The van der Waals surface area contributed by atoms with Crippen molar-refractivity contribution in [3.8, 4) is 0 Å². The Balaban J connectivity index is 0. The third-order valence-corrected chi connectivity index (χ3v) is 1.42. The SMILES string of the molecule is C1COCCN1.CC.CNC(C)C. The lowest BCUT2D eigenvalue weighted by Crippen LogP contribution is -2.30. The van der Waals surface area contributed by atoms with E-state index in [2.05, 4.69) is 24.5 Å². The third-order valence-electron chi connectivity index (χ3n) is 1.42. The quantitative estimate of drug-likeness (QED) is 0.653. The monoisotopic (exact) mass is 190 g/mol. The first-order chi connectivity index (χ1) is 6.27. The van der Waals surface area contributed by atoms with Crippen molar-refractivity contribution in [1.82, 2.24) is 10.6 Å². The summed E-state index contributed by atoms with van der Waals surface area (Å²) < 4.78 is 5.01. The van der Waals surface area contributed by atoms with Crippen molar-refractivity contribution in [2.24, 2.45) is 0 Å². The molecular weight excluding hydrogens is 164 g/mol. The molecule has 3 nitrogen and oxygen atoms in total. The van der Waals surface area contributed by atoms with Crippen LogP contribution in [0.3, 0.4) is 0 Å². The van der Waals surface area contributed by atoms with Crippen LogP contribution < -0.4 is 10.6 Å². The zero-order valence-electron chi connectivity index (χ0n) is 9.81. The molecule has 3 heteroatoms. The van der Waals surface area contributed by atoms with E-state index in [9.17, 15) is 0 Å². The molecule has 0 spiro atoms. The molecule has 1 fully saturated rings. The van der Waals surface area contributed by atoms with Gasteiger partial charge in [-0.2, -0.15) is 0 Å². The Hall–Kier alpha value is -0.120. The van der Waals surface area contributed by atoms with Gasteiger partial charge in [0, 0.05) is 19.1 Å². The van der Waals surface area contributed by atoms with Crippen LogP contribution in [0.15, 0.2) is 0 Å². The highest BCUT2D eigenvalue weighted by atomic mass is 16.5. The molecule has 1 aliphatic rings. The van der Waals surface area contributed by atoms with E-state index in [0.29, 0.717) is 6.04 Å². The van der Waals surface area contributed by atoms with Crippen molar-refractivity contribution in [3.63, 3.8) is 0 Å². The molecule has 1 heterocycles. The second-order valence-electron chi connectivity index (χ2n) is 2.81. The maximum atomic E-state index is 5.01. The Morgan fingerprint density at radius 3 is 1.62 bits per heavy atom. The first kappa shape index (κ1) is 15.4. The number of nitrogens with one attached hydrogen (secondary N) is 2. The summed E-state index contributed by atoms with van der Waals surface area (Å²) in [6.45, 7) is 12.1. The van der Waals surface area contributed by atoms with Crippen LogP contribution in [0, 0.1) is 0 Å². The standard InChI is InChI=1S/C4H9NO.C4H11N.C2H6/c1-3-6-4-2-5-1;1-4(2)5-3;1-2/h5H,1-4H2;4-5H,1-3H3;1-2H3. The highest BCUT2D eigenvalue weighted by Crippen LogP contribution is 1.76. The molecule has 0 aromatic rings. The summed E-state index contributed by atoms with van der Waals surface area (Å²) >= 11 is 0. The molecule has 2 N–H and O–H groups in total. The zero-order valence-corrected chi connectivity index (χ0v) is 9.81. The predicted octanol–water partition coefficient (Wildman–Crippen LogP) is 1.25. The fraction of sp³-hybridized carbons (Fsp3) is 1.00. The van der Waals surface area contributed by atoms with Gasteiger partial charge >= 0.3 is 0 Å². The maximum Gasteiger partial charge on any atom is 0.0591 e. The molecule has 0 unspecified atom stereocenters. The Kier molecular flexibility index (Phi) is 17.0. The average molecular weight is 190 g/mol. The Bertz CT molecular complexity index is 61.8. The smallest absolute Gasteiger partial charge is 0.0591 e. The Labute approximate surface area is 83.2 Å². The van der Waals surface area contributed by atoms with Gasteiger partial charge in [0.15, 0.2) is 0 Å². The van der Waals surface area contributed by atoms with Gasteiger partial charge in [-0.1, -0.05) is 27.7 Å². The molecule has 1 rings (SSSR count). The summed E-state index contributed by atoms with van der Waals surface area (Å²) in [7, 11) is 1.95. The molecule has 0 aromatic heterocycles. The average Bonchev–Trinajstić information content (AvgIpc) is 2.24. The van der Waals surface area contributed by atoms with Gasteiger partial charge in [0.05, 0.1) is 13.2 Å². The van der Waals surface area contributed by atoms with E-state index in [4.69, 9.17) is 4.74 Å². The lowest BCUT2D eigenvalue weighted by atomic mass is 10.4. The highest BCUT2D eigenvalue weighted by molar-refractivity contribution is 4.49. The summed E-state index contributed by atoms with van der Waals surface area (Å²) in [6, 6.07) is 0.634. The minimum Gasteiger partial charge on any atom is -0.379 e. The van der Waals surface area contributed by atoms with Crippen molar-refractivity contribution >= 4 is 0 Å². The first-order valence-corrected chi connectivity index (χ1v) is 5.23. The Morgan fingerprint density at radius 2 is 1.54 bits per heavy atom. The number of hydrogen-bond acceptors (Lipinski definition) is 3. The van der Waals surface area contributed by atoms with E-state index < -0.39 is 0 Å². The Morgan fingerprint density at radius 1 is 1.15 bits per heavy atom. The minimum absolute atomic E-state index is 0.634. The van der Waals surface area contributed by atoms with Gasteiger partial charge in [0.25, 0.3) is 0 Å². The second kappa shape index (κ2) is 14.4. The molecule has 0 amide bonds. The number of hydrogen-bond donors (Lipinski definition) is 2. The van der Waals surface area contributed by atoms with Crippen molar-refractivity contribution in [1.29, 1.82) is 0 Å². The largest absolute Gasteiger partial charge is 0.379 e. The first-order valence-electron chi connectivity index (χ1n) is 5.23. The van der Waals surface area contributed by atoms with E-state index in [1.807, 2.05) is 20.9 Å². The molecule has 0 atom stereocenters. The van der Waals surface area contributed by atoms with Crippen LogP contribution in [-0.2, 0) is 4.74 Å². The predicted molar refractivity (Wildman–Crippen MR) is 59.2 cm³/mol. The number of morpholine rings is 1. The van der Waals surface area contributed by atoms with E-state index in [0.717, 1.165) is 26.3 Å². The van der Waals surface area contributed by atoms with Gasteiger partial charge in [0.1, 0.15) is 0 Å². The topological polar surface area (TPSA) is 33.3 Å². The normalized spacial score (nSPS) is 15.2. The van der Waals surface area contributed by atoms with Gasteiger partial charge in [-0.15, -0.1) is 0 Å². The van der Waals surface area contributed by atoms with Crippen molar-refractivity contribution < 1.29 is 4.74 Å². The van der Waals surface area contributed by atoms with E-state index in [-0.39, 0.29) is 0 Å². The molecule has 0 aliphatic carbocycles. The fourth-order valence-electron chi connectivity index (χ4n) is 0.516. The molecule has 0 saturated carbocycles. The summed E-state index contributed by atoms with van der Waals surface area (Å²) in [5, 5.41) is 6.19. The van der Waals surface area contributed by atoms with E-state index in [1.165, 1.54) is 0 Å². The van der Waals surface area contributed by atoms with Crippen LogP contribution in [-0.4, -0.2) is 39.4 Å². The fourth-order valence-corrected chi connectivity index (χ4v) is 0.516. The van der Waals surface area contributed by atoms with Gasteiger partial charge in [-0.25, -0.2) is 0 Å². The number of rotatable bonds is 1. The lowest BCUT2D eigenvalue weighted by molar-refractivity contribution is 0.109. The van der Waals surface area contributed by atoms with Crippen LogP contribution in [0.1, 0.15) is 27.7 Å². The van der Waals surface area contributed by atoms with Crippen molar-refractivity contribution in [2.45, 2.75) is 33.7 Å². The highest BCUT2D eigenvalue weighted by Gasteiger charge is 1.92. The third kappa shape index (κ3) is 18.7. The summed E-state index contributed by atoms with van der Waals surface area (Å²) in [5.41, 5.74) is 0. The van der Waals surface area contributed by atoms with Gasteiger partial charge in [0.2, 0.25) is 0 Å². The van der Waals surface area contributed by atoms with Crippen molar-refractivity contribution in [2.75, 3.05) is 33.4 Å². The molecule has 13 heavy (non-hydrogen) atoms. The van der Waals surface area contributed by atoms with E-state index >= 15 is 0 Å². The van der Waals surface area contributed by atoms with Crippen molar-refractivity contribution in [3.05, 3.63) is 0 Å². The maximum absolute atomic E-state index is 5.01. The van der Waals surface area contributed by atoms with Gasteiger partial charge < -0.3 is 15.4 Å². The van der Waals surface area contributed by atoms with Gasteiger partial charge in [-0.3, -0.25) is 0 Å². The van der Waals surface area contributed by atoms with Crippen LogP contribution >= 0.6 is 0 Å². The van der Waals surface area contributed by atoms with E-state index in [1.54, 1.807) is 0 Å². The second-order valence-corrected chi connectivity index (χ2v) is 2.81. The molecule has 82 valence electrons. The van der Waals surface area contributed by atoms with Crippen LogP contribution in [0.25, 0.3) is 0 Å². The van der Waals surface area contributed by atoms with Crippen LogP contribution in [0.4, 0.5) is 0 Å². The molecule has 0 bridgehead atoms. The molecule has 1 aliphatic heterocycles. The number of ether oxygens (including phenoxy) is 1. The summed E-state index contributed by atoms with van der Waals surface area (Å²) in [4.78, 5) is 0. The van der Waals surface area contributed by atoms with Gasteiger partial charge in [-0.05, 0) is 7.05 Å². The van der Waals surface area contributed by atoms with Crippen LogP contribution in [0.2, 0.25) is 0 Å². The summed E-state index contributed by atoms with van der Waals surface area (Å²) in [5.74, 6) is 0. The molecule has 0 radical (unpaired) electrons. The molecule has 0 aromatic carbocycles. The molecular formula is C10H26N2O. The molecule has 1 saturated heterocycles. The zero-order chi connectivity index (χ0) is 10.5. The minimum atomic E-state index is 0.634. The lowest BCUT2D eigenvalue weighted by Gasteiger charge is -2.10. The van der Waals surface area contributed by atoms with Crippen LogP contribution in [0.5, 0.6) is 0 Å².